The number of halogens is 1. The number of ether oxygens (including phenoxy) is 1. The van der Waals surface area contributed by atoms with Crippen LogP contribution in [0.4, 0.5) is 5.69 Å². The molecule has 0 unspecified atom stereocenters. The minimum Gasteiger partial charge on any atom is -0.378 e. The van der Waals surface area contributed by atoms with Gasteiger partial charge in [0.25, 0.3) is 0 Å². The minimum absolute atomic E-state index is 0. The number of nitrogens with zero attached hydrogens (tertiary/aromatic N) is 3. The van der Waals surface area contributed by atoms with Gasteiger partial charge in [-0.1, -0.05) is 12.1 Å². The second kappa shape index (κ2) is 9.22. The van der Waals surface area contributed by atoms with E-state index in [4.69, 9.17) is 10.5 Å². The predicted octanol–water partition coefficient (Wildman–Crippen LogP) is 1.97. The Bertz CT molecular complexity index is 570. The molecule has 132 valence electrons. The molecule has 3 rings (SSSR count). The monoisotopic (exact) mass is 444 g/mol. The van der Waals surface area contributed by atoms with Crippen LogP contribution in [-0.2, 0) is 16.1 Å². The van der Waals surface area contributed by atoms with E-state index in [2.05, 4.69) is 4.99 Å². The number of carbonyl (C=O) groups excluding carboxylic acids is 1. The maximum absolute atomic E-state index is 11.9. The summed E-state index contributed by atoms with van der Waals surface area (Å²) in [7, 11) is 0. The normalized spacial score (nSPS) is 19.2. The molecule has 24 heavy (non-hydrogen) atoms. The summed E-state index contributed by atoms with van der Waals surface area (Å²) in [6.45, 7) is 4.37. The van der Waals surface area contributed by atoms with Gasteiger partial charge in [0.05, 0.1) is 19.8 Å². The van der Waals surface area contributed by atoms with E-state index in [1.165, 1.54) is 0 Å². The van der Waals surface area contributed by atoms with Crippen LogP contribution in [0.3, 0.4) is 0 Å². The van der Waals surface area contributed by atoms with Crippen molar-refractivity contribution in [3.63, 3.8) is 0 Å². The van der Waals surface area contributed by atoms with Gasteiger partial charge in [-0.2, -0.15) is 0 Å². The summed E-state index contributed by atoms with van der Waals surface area (Å²) in [5.74, 6) is 0.794. The molecular formula is C17H25IN4O2. The number of piperidine rings is 1. The lowest BCUT2D eigenvalue weighted by molar-refractivity contribution is -0.119. The second-order valence-corrected chi connectivity index (χ2v) is 5.94. The van der Waals surface area contributed by atoms with E-state index in [9.17, 15) is 4.79 Å². The maximum Gasteiger partial charge on any atom is 0.226 e. The summed E-state index contributed by atoms with van der Waals surface area (Å²) in [5, 5.41) is 0. The van der Waals surface area contributed by atoms with Crippen LogP contribution in [0.2, 0.25) is 0 Å². The van der Waals surface area contributed by atoms with Gasteiger partial charge in [0.2, 0.25) is 5.91 Å². The van der Waals surface area contributed by atoms with Crippen molar-refractivity contribution in [3.8, 4) is 0 Å². The molecular weight excluding hydrogens is 419 g/mol. The summed E-state index contributed by atoms with van der Waals surface area (Å²) in [5.41, 5.74) is 8.10. The molecule has 2 N–H and O–H groups in total. The zero-order chi connectivity index (χ0) is 16.1. The molecule has 1 aromatic rings. The topological polar surface area (TPSA) is 71.2 Å². The fourth-order valence-corrected chi connectivity index (χ4v) is 2.92. The number of anilines is 1. The first-order valence-corrected chi connectivity index (χ1v) is 8.26. The van der Waals surface area contributed by atoms with Crippen molar-refractivity contribution in [1.29, 1.82) is 0 Å². The van der Waals surface area contributed by atoms with E-state index in [1.54, 1.807) is 0 Å². The molecule has 7 heteroatoms. The summed E-state index contributed by atoms with van der Waals surface area (Å²) >= 11 is 0. The summed E-state index contributed by atoms with van der Waals surface area (Å²) in [4.78, 5) is 20.3. The van der Waals surface area contributed by atoms with Crippen molar-refractivity contribution >= 4 is 41.5 Å². The number of nitrogens with two attached hydrogens (primary N) is 1. The number of benzene rings is 1. The highest BCUT2D eigenvalue weighted by molar-refractivity contribution is 14.0. The predicted molar refractivity (Wildman–Crippen MR) is 106 cm³/mol. The van der Waals surface area contributed by atoms with E-state index in [0.29, 0.717) is 32.1 Å². The van der Waals surface area contributed by atoms with Crippen molar-refractivity contribution in [3.05, 3.63) is 29.8 Å². The molecule has 2 heterocycles. The molecule has 0 aromatic heterocycles. The van der Waals surface area contributed by atoms with Crippen molar-refractivity contribution < 1.29 is 9.53 Å². The first-order valence-electron chi connectivity index (χ1n) is 8.26. The largest absolute Gasteiger partial charge is 0.378 e. The van der Waals surface area contributed by atoms with Crippen LogP contribution in [0.15, 0.2) is 29.3 Å². The molecule has 0 aliphatic carbocycles. The summed E-state index contributed by atoms with van der Waals surface area (Å²) in [6.07, 6.45) is 2.74. The van der Waals surface area contributed by atoms with Gasteiger partial charge in [0, 0.05) is 31.7 Å². The van der Waals surface area contributed by atoms with Crippen LogP contribution in [-0.4, -0.2) is 49.6 Å². The quantitative estimate of drug-likeness (QED) is 0.440. The van der Waals surface area contributed by atoms with Crippen molar-refractivity contribution in [2.75, 3.05) is 37.7 Å². The van der Waals surface area contributed by atoms with Gasteiger partial charge >= 0.3 is 0 Å². The van der Waals surface area contributed by atoms with Gasteiger partial charge in [-0.25, -0.2) is 4.99 Å². The molecule has 0 spiro atoms. The van der Waals surface area contributed by atoms with E-state index in [-0.39, 0.29) is 29.9 Å². The Morgan fingerprint density at radius 3 is 2.50 bits per heavy atom. The van der Waals surface area contributed by atoms with Crippen LogP contribution >= 0.6 is 24.0 Å². The van der Waals surface area contributed by atoms with Gasteiger partial charge < -0.3 is 20.3 Å². The molecule has 2 aliphatic rings. The molecule has 2 saturated heterocycles. The Morgan fingerprint density at radius 2 is 1.83 bits per heavy atom. The summed E-state index contributed by atoms with van der Waals surface area (Å²) in [6, 6.07) is 8.04. The number of hydrogen-bond donors (Lipinski definition) is 1. The van der Waals surface area contributed by atoms with Gasteiger partial charge in [-0.15, -0.1) is 24.0 Å². The standard InChI is InChI=1S/C17H24N4O2.HI/c18-17(20-9-11-23-12-10-20)19-13-14-4-6-15(7-5-14)21-8-2-1-3-16(21)22;/h4-7H,1-3,8-13H2,(H2,18,19);1H. The molecule has 1 aromatic carbocycles. The third-order valence-corrected chi connectivity index (χ3v) is 4.33. The SMILES string of the molecule is I.NC(=NCc1ccc(N2CCCCC2=O)cc1)N1CCOCC1. The smallest absolute Gasteiger partial charge is 0.226 e. The van der Waals surface area contributed by atoms with E-state index in [0.717, 1.165) is 43.7 Å². The fourth-order valence-electron chi connectivity index (χ4n) is 2.92. The molecule has 0 atom stereocenters. The molecule has 2 fully saturated rings. The average molecular weight is 444 g/mol. The van der Waals surface area contributed by atoms with Crippen LogP contribution in [0.5, 0.6) is 0 Å². The highest BCUT2D eigenvalue weighted by Gasteiger charge is 2.19. The van der Waals surface area contributed by atoms with E-state index >= 15 is 0 Å². The number of rotatable bonds is 3. The Kier molecular flexibility index (Phi) is 7.29. The Morgan fingerprint density at radius 1 is 1.12 bits per heavy atom. The lowest BCUT2D eigenvalue weighted by Crippen LogP contribution is -2.44. The Hall–Kier alpha value is -1.35. The van der Waals surface area contributed by atoms with Crippen molar-refractivity contribution in [2.24, 2.45) is 10.7 Å². The molecule has 0 bridgehead atoms. The zero-order valence-electron chi connectivity index (χ0n) is 13.8. The number of aliphatic imine (C=N–C) groups is 1. The molecule has 1 amide bonds. The van der Waals surface area contributed by atoms with Crippen LogP contribution < -0.4 is 10.6 Å². The molecule has 6 nitrogen and oxygen atoms in total. The van der Waals surface area contributed by atoms with Gasteiger partial charge in [0.15, 0.2) is 5.96 Å². The summed E-state index contributed by atoms with van der Waals surface area (Å²) < 4.78 is 5.31. The Balaban J connectivity index is 0.00000208. The van der Waals surface area contributed by atoms with Gasteiger partial charge in [0.1, 0.15) is 0 Å². The number of hydrogen-bond acceptors (Lipinski definition) is 3. The number of guanidine groups is 1. The number of morpholine rings is 1. The van der Waals surface area contributed by atoms with Gasteiger partial charge in [-0.05, 0) is 30.5 Å². The third-order valence-electron chi connectivity index (χ3n) is 4.33. The molecule has 0 radical (unpaired) electrons. The van der Waals surface area contributed by atoms with E-state index in [1.807, 2.05) is 34.1 Å². The second-order valence-electron chi connectivity index (χ2n) is 5.94. The first kappa shape index (κ1) is 19.0. The molecule has 0 saturated carbocycles. The maximum atomic E-state index is 11.9. The first-order chi connectivity index (χ1) is 11.2. The van der Waals surface area contributed by atoms with Gasteiger partial charge in [-0.3, -0.25) is 4.79 Å². The number of amides is 1. The lowest BCUT2D eigenvalue weighted by Gasteiger charge is -2.27. The van der Waals surface area contributed by atoms with Crippen LogP contribution in [0.25, 0.3) is 0 Å². The van der Waals surface area contributed by atoms with Crippen molar-refractivity contribution in [1.82, 2.24) is 4.90 Å². The minimum atomic E-state index is 0. The van der Waals surface area contributed by atoms with Crippen molar-refractivity contribution in [2.45, 2.75) is 25.8 Å². The van der Waals surface area contributed by atoms with Crippen LogP contribution in [0, 0.1) is 0 Å². The lowest BCUT2D eigenvalue weighted by atomic mass is 10.1. The average Bonchev–Trinajstić information content (AvgIpc) is 2.61. The third kappa shape index (κ3) is 4.83. The Labute approximate surface area is 160 Å². The molecule has 2 aliphatic heterocycles. The van der Waals surface area contributed by atoms with E-state index < -0.39 is 0 Å². The van der Waals surface area contributed by atoms with Crippen LogP contribution in [0.1, 0.15) is 24.8 Å². The highest BCUT2D eigenvalue weighted by Crippen LogP contribution is 2.21. The highest BCUT2D eigenvalue weighted by atomic mass is 127. The zero-order valence-corrected chi connectivity index (χ0v) is 16.1. The fraction of sp³-hybridized carbons (Fsp3) is 0.529. The number of carbonyl (C=O) groups is 1.